The molecule has 0 amide bonds. The van der Waals surface area contributed by atoms with E-state index in [2.05, 4.69) is 18.0 Å². The van der Waals surface area contributed by atoms with Crippen LogP contribution in [0.2, 0.25) is 0 Å². The summed E-state index contributed by atoms with van der Waals surface area (Å²) in [6.45, 7) is 3.68. The number of piperidine rings is 1. The summed E-state index contributed by atoms with van der Waals surface area (Å²) in [5.41, 5.74) is 1.37. The summed E-state index contributed by atoms with van der Waals surface area (Å²) >= 11 is 0. The van der Waals surface area contributed by atoms with Crippen LogP contribution in [0.25, 0.3) is 0 Å². The Balaban J connectivity index is 1.77. The maximum absolute atomic E-state index is 12.0. The van der Waals surface area contributed by atoms with Crippen LogP contribution < -0.4 is 9.47 Å². The number of ether oxygens (including phenoxy) is 3. The van der Waals surface area contributed by atoms with Crippen molar-refractivity contribution in [1.29, 1.82) is 0 Å². The summed E-state index contributed by atoms with van der Waals surface area (Å²) in [5.74, 6) is 1.62. The predicted molar refractivity (Wildman–Crippen MR) is 93.4 cm³/mol. The van der Waals surface area contributed by atoms with Gasteiger partial charge in [-0.1, -0.05) is 6.07 Å². The van der Waals surface area contributed by atoms with Crippen LogP contribution in [0.15, 0.2) is 12.1 Å². The van der Waals surface area contributed by atoms with Crippen LogP contribution in [0.5, 0.6) is 11.5 Å². The minimum absolute atomic E-state index is 0.0254. The van der Waals surface area contributed by atoms with Crippen LogP contribution >= 0.6 is 0 Å². The van der Waals surface area contributed by atoms with E-state index < -0.39 is 5.60 Å². The monoisotopic (exact) mass is 345 g/mol. The molecule has 1 aromatic carbocycles. The zero-order valence-corrected chi connectivity index (χ0v) is 15.2. The third-order valence-electron chi connectivity index (χ3n) is 7.26. The molecule has 136 valence electrons. The highest BCUT2D eigenvalue weighted by molar-refractivity contribution is 5.62. The molecule has 1 saturated heterocycles. The average molecular weight is 345 g/mol. The van der Waals surface area contributed by atoms with Crippen molar-refractivity contribution >= 4 is 0 Å². The van der Waals surface area contributed by atoms with E-state index >= 15 is 0 Å². The smallest absolute Gasteiger partial charge is 0.166 e. The molecule has 0 aromatic heterocycles. The Bertz CT molecular complexity index is 722. The van der Waals surface area contributed by atoms with Crippen LogP contribution in [-0.2, 0) is 16.6 Å². The van der Waals surface area contributed by atoms with Crippen LogP contribution in [0, 0.1) is 0 Å². The maximum Gasteiger partial charge on any atom is 0.166 e. The van der Waals surface area contributed by atoms with Crippen molar-refractivity contribution < 1.29 is 19.3 Å². The molecule has 1 saturated carbocycles. The van der Waals surface area contributed by atoms with E-state index in [0.29, 0.717) is 6.61 Å². The molecule has 5 rings (SSSR count). The molecule has 1 N–H and O–H groups in total. The van der Waals surface area contributed by atoms with Gasteiger partial charge in [-0.2, -0.15) is 0 Å². The van der Waals surface area contributed by atoms with Gasteiger partial charge in [-0.15, -0.1) is 0 Å². The molecule has 5 nitrogen and oxygen atoms in total. The van der Waals surface area contributed by atoms with E-state index in [9.17, 15) is 5.11 Å². The van der Waals surface area contributed by atoms with Crippen LogP contribution in [-0.4, -0.2) is 61.2 Å². The zero-order valence-electron chi connectivity index (χ0n) is 15.2. The quantitative estimate of drug-likeness (QED) is 0.907. The van der Waals surface area contributed by atoms with Crippen LogP contribution in [0.4, 0.5) is 0 Å². The van der Waals surface area contributed by atoms with Crippen molar-refractivity contribution in [2.45, 2.75) is 61.9 Å². The summed E-state index contributed by atoms with van der Waals surface area (Å²) in [7, 11) is 3.83. The highest BCUT2D eigenvalue weighted by atomic mass is 16.6. The van der Waals surface area contributed by atoms with E-state index in [1.807, 2.05) is 13.0 Å². The number of likely N-dealkylation sites (N-methyl/N-ethyl adjacent to an activating group) is 1. The van der Waals surface area contributed by atoms with Gasteiger partial charge in [0.15, 0.2) is 11.5 Å². The fourth-order valence-electron chi connectivity index (χ4n) is 6.24. The molecule has 2 heterocycles. The molecule has 2 fully saturated rings. The maximum atomic E-state index is 12.0. The lowest BCUT2D eigenvalue weighted by Gasteiger charge is -2.63. The van der Waals surface area contributed by atoms with Gasteiger partial charge >= 0.3 is 0 Å². The second-order valence-corrected chi connectivity index (χ2v) is 8.05. The fourth-order valence-corrected chi connectivity index (χ4v) is 6.24. The SMILES string of the molecule is CCO[C@H]1CC[C@@]2(O)C3Cc4ccc(OC)c5c4[C@@]2(CCN3C)C1O5. The minimum atomic E-state index is -0.761. The van der Waals surface area contributed by atoms with Gasteiger partial charge in [0.05, 0.1) is 24.2 Å². The third-order valence-corrected chi connectivity index (χ3v) is 7.26. The Morgan fingerprint density at radius 1 is 1.36 bits per heavy atom. The Kier molecular flexibility index (Phi) is 3.26. The number of nitrogens with zero attached hydrogens (tertiary/aromatic N) is 1. The van der Waals surface area contributed by atoms with Crippen molar-refractivity contribution in [3.8, 4) is 11.5 Å². The number of aliphatic hydroxyl groups is 1. The topological polar surface area (TPSA) is 51.2 Å². The Morgan fingerprint density at radius 3 is 2.96 bits per heavy atom. The van der Waals surface area contributed by atoms with E-state index in [-0.39, 0.29) is 23.7 Å². The molecule has 0 radical (unpaired) electrons. The molecule has 2 bridgehead atoms. The standard InChI is InChI=1S/C20H27NO4/c1-4-24-14-7-8-20(22)15-11-12-5-6-13(23-3)17-16(12)19(20,18(14)25-17)9-10-21(15)2/h5-6,14-15,18,22H,4,7-11H2,1-3H3/t14-,15?,18?,19-,20+/m0/s1. The molecule has 25 heavy (non-hydrogen) atoms. The molecule has 2 aliphatic heterocycles. The Labute approximate surface area is 148 Å². The largest absolute Gasteiger partial charge is 0.493 e. The van der Waals surface area contributed by atoms with E-state index in [1.165, 1.54) is 11.1 Å². The summed E-state index contributed by atoms with van der Waals surface area (Å²) in [4.78, 5) is 2.34. The molecular formula is C20H27NO4. The number of methoxy groups -OCH3 is 1. The summed E-state index contributed by atoms with van der Waals surface area (Å²) < 4.78 is 18.2. The highest BCUT2D eigenvalue weighted by Crippen LogP contribution is 2.65. The summed E-state index contributed by atoms with van der Waals surface area (Å²) in [5, 5.41) is 12.0. The molecule has 1 spiro atoms. The van der Waals surface area contributed by atoms with Crippen molar-refractivity contribution in [3.05, 3.63) is 23.3 Å². The van der Waals surface area contributed by atoms with Crippen molar-refractivity contribution in [1.82, 2.24) is 4.90 Å². The Morgan fingerprint density at radius 2 is 2.20 bits per heavy atom. The number of likely N-dealkylation sites (tertiary alicyclic amines) is 1. The van der Waals surface area contributed by atoms with E-state index in [1.54, 1.807) is 7.11 Å². The lowest BCUT2D eigenvalue weighted by Crippen LogP contribution is -2.76. The first kappa shape index (κ1) is 15.9. The zero-order chi connectivity index (χ0) is 17.4. The van der Waals surface area contributed by atoms with Gasteiger partial charge in [0.1, 0.15) is 6.10 Å². The summed E-state index contributed by atoms with van der Waals surface area (Å²) in [6.07, 6.45) is 3.27. The molecule has 2 aliphatic carbocycles. The third kappa shape index (κ3) is 1.70. The van der Waals surface area contributed by atoms with Crippen molar-refractivity contribution in [3.63, 3.8) is 0 Å². The molecule has 5 atom stereocenters. The number of rotatable bonds is 3. The normalized spacial score (nSPS) is 41.2. The molecule has 2 unspecified atom stereocenters. The first-order valence-corrected chi connectivity index (χ1v) is 9.48. The molecule has 5 heteroatoms. The number of hydrogen-bond donors (Lipinski definition) is 1. The van der Waals surface area contributed by atoms with Crippen LogP contribution in [0.1, 0.15) is 37.3 Å². The summed E-state index contributed by atoms with van der Waals surface area (Å²) in [6, 6.07) is 4.32. The average Bonchev–Trinajstić information content (AvgIpc) is 2.96. The van der Waals surface area contributed by atoms with E-state index in [4.69, 9.17) is 14.2 Å². The van der Waals surface area contributed by atoms with Crippen LogP contribution in [0.3, 0.4) is 0 Å². The number of benzene rings is 1. The van der Waals surface area contributed by atoms with Gasteiger partial charge in [0, 0.05) is 18.2 Å². The van der Waals surface area contributed by atoms with Gasteiger partial charge in [-0.25, -0.2) is 0 Å². The van der Waals surface area contributed by atoms with Gasteiger partial charge in [0.2, 0.25) is 0 Å². The highest BCUT2D eigenvalue weighted by Gasteiger charge is 2.72. The molecular weight excluding hydrogens is 318 g/mol. The lowest BCUT2D eigenvalue weighted by atomic mass is 9.48. The lowest BCUT2D eigenvalue weighted by molar-refractivity contribution is -0.211. The van der Waals surface area contributed by atoms with Gasteiger partial charge < -0.3 is 24.2 Å². The first-order valence-electron chi connectivity index (χ1n) is 9.48. The van der Waals surface area contributed by atoms with Gasteiger partial charge in [-0.05, 0) is 57.8 Å². The Hall–Kier alpha value is -1.30. The number of hydrogen-bond acceptors (Lipinski definition) is 5. The van der Waals surface area contributed by atoms with Crippen molar-refractivity contribution in [2.75, 3.05) is 27.3 Å². The molecule has 4 aliphatic rings. The first-order chi connectivity index (χ1) is 12.1. The van der Waals surface area contributed by atoms with E-state index in [0.717, 1.165) is 43.7 Å². The second-order valence-electron chi connectivity index (χ2n) is 8.05. The van der Waals surface area contributed by atoms with Gasteiger partial charge in [0.25, 0.3) is 0 Å². The fraction of sp³-hybridized carbons (Fsp3) is 0.700. The predicted octanol–water partition coefficient (Wildman–Crippen LogP) is 1.88. The second kappa shape index (κ2) is 5.12. The van der Waals surface area contributed by atoms with Gasteiger partial charge in [-0.3, -0.25) is 0 Å². The van der Waals surface area contributed by atoms with Crippen molar-refractivity contribution in [2.24, 2.45) is 0 Å². The molecule has 1 aromatic rings. The minimum Gasteiger partial charge on any atom is -0.493 e.